The van der Waals surface area contributed by atoms with Crippen LogP contribution in [0.5, 0.6) is 0 Å². The van der Waals surface area contributed by atoms with Crippen molar-refractivity contribution in [3.05, 3.63) is 152 Å². The summed E-state index contributed by atoms with van der Waals surface area (Å²) in [5.41, 5.74) is 7.47. The van der Waals surface area contributed by atoms with Crippen molar-refractivity contribution >= 4 is 81.3 Å². The Bertz CT molecular complexity index is 2470. The molecule has 0 aliphatic rings. The van der Waals surface area contributed by atoms with Gasteiger partial charge in [0.1, 0.15) is 11.2 Å². The predicted octanol–water partition coefficient (Wildman–Crippen LogP) is 12.2. The summed E-state index contributed by atoms with van der Waals surface area (Å²) >= 11 is 1.86. The van der Waals surface area contributed by atoms with Gasteiger partial charge in [-0.2, -0.15) is 0 Å². The first-order valence-electron chi connectivity index (χ1n) is 14.5. The molecule has 0 aliphatic heterocycles. The molecule has 9 rings (SSSR count). The van der Waals surface area contributed by atoms with Gasteiger partial charge in [-0.05, 0) is 70.9 Å². The lowest BCUT2D eigenvalue weighted by atomic mass is 9.94. The maximum absolute atomic E-state index is 6.35. The summed E-state index contributed by atoms with van der Waals surface area (Å²) in [4.78, 5) is 2.37. The van der Waals surface area contributed by atoms with Crippen LogP contribution >= 0.6 is 11.3 Å². The highest BCUT2D eigenvalue weighted by atomic mass is 32.1. The standard InChI is InChI=1S/C40H25NOS/c1-2-11-28(12-3-1)41(29-20-21-32-31-14-6-8-16-36(31)42-37(32)25-29)35-22-18-26-10-4-5-13-30(26)40(35)27-19-23-39-34(24-27)33-15-7-9-17-38(33)43-39/h1-25H. The number of benzene rings is 7. The van der Waals surface area contributed by atoms with Crippen molar-refractivity contribution < 1.29 is 4.42 Å². The lowest BCUT2D eigenvalue weighted by Crippen LogP contribution is -2.11. The van der Waals surface area contributed by atoms with Crippen molar-refractivity contribution in [2.24, 2.45) is 0 Å². The smallest absolute Gasteiger partial charge is 0.137 e. The topological polar surface area (TPSA) is 16.4 Å². The first-order chi connectivity index (χ1) is 21.3. The fraction of sp³-hybridized carbons (Fsp3) is 0. The third kappa shape index (κ3) is 3.86. The second kappa shape index (κ2) is 9.59. The van der Waals surface area contributed by atoms with Gasteiger partial charge in [0.25, 0.3) is 0 Å². The van der Waals surface area contributed by atoms with Gasteiger partial charge in [-0.1, -0.05) is 91.0 Å². The molecule has 0 N–H and O–H groups in total. The van der Waals surface area contributed by atoms with E-state index in [1.54, 1.807) is 0 Å². The molecule has 0 amide bonds. The molecule has 0 fully saturated rings. The van der Waals surface area contributed by atoms with Gasteiger partial charge in [0.05, 0.1) is 5.69 Å². The third-order valence-corrected chi connectivity index (χ3v) is 9.60. The summed E-state index contributed by atoms with van der Waals surface area (Å²) in [5.74, 6) is 0. The van der Waals surface area contributed by atoms with Crippen molar-refractivity contribution in [3.8, 4) is 11.1 Å². The molecule has 9 aromatic rings. The van der Waals surface area contributed by atoms with E-state index >= 15 is 0 Å². The number of hydrogen-bond donors (Lipinski definition) is 0. The van der Waals surface area contributed by atoms with Crippen molar-refractivity contribution in [2.75, 3.05) is 4.90 Å². The molecule has 0 spiro atoms. The minimum atomic E-state index is 0.883. The van der Waals surface area contributed by atoms with E-state index in [9.17, 15) is 0 Å². The maximum atomic E-state index is 6.35. The van der Waals surface area contributed by atoms with Gasteiger partial charge < -0.3 is 9.32 Å². The van der Waals surface area contributed by atoms with Crippen LogP contribution < -0.4 is 4.90 Å². The Morgan fingerprint density at radius 1 is 0.442 bits per heavy atom. The van der Waals surface area contributed by atoms with Gasteiger partial charge in [0.2, 0.25) is 0 Å². The summed E-state index contributed by atoms with van der Waals surface area (Å²) in [5, 5.41) is 7.31. The number of anilines is 3. The molecule has 0 atom stereocenters. The van der Waals surface area contributed by atoms with E-state index in [2.05, 4.69) is 144 Å². The number of hydrogen-bond acceptors (Lipinski definition) is 3. The van der Waals surface area contributed by atoms with Crippen molar-refractivity contribution in [1.82, 2.24) is 0 Å². The molecular formula is C40H25NOS. The van der Waals surface area contributed by atoms with E-state index in [0.29, 0.717) is 0 Å². The highest BCUT2D eigenvalue weighted by Gasteiger charge is 2.21. The van der Waals surface area contributed by atoms with Crippen LogP contribution in [0.1, 0.15) is 0 Å². The van der Waals surface area contributed by atoms with Gasteiger partial charge in [-0.3, -0.25) is 0 Å². The van der Waals surface area contributed by atoms with Crippen LogP contribution in [0.2, 0.25) is 0 Å². The Balaban J connectivity index is 1.34. The summed E-state index contributed by atoms with van der Waals surface area (Å²) in [7, 11) is 0. The molecular weight excluding hydrogens is 543 g/mol. The molecule has 0 unspecified atom stereocenters. The minimum Gasteiger partial charge on any atom is -0.456 e. The average molecular weight is 568 g/mol. The molecule has 7 aromatic carbocycles. The lowest BCUT2D eigenvalue weighted by Gasteiger charge is -2.28. The van der Waals surface area contributed by atoms with Gasteiger partial charge in [-0.15, -0.1) is 11.3 Å². The van der Waals surface area contributed by atoms with Crippen molar-refractivity contribution in [1.29, 1.82) is 0 Å². The fourth-order valence-corrected chi connectivity index (χ4v) is 7.58. The van der Waals surface area contributed by atoms with Crippen LogP contribution in [0.25, 0.3) is 64.0 Å². The van der Waals surface area contributed by atoms with Crippen molar-refractivity contribution in [3.63, 3.8) is 0 Å². The highest BCUT2D eigenvalue weighted by molar-refractivity contribution is 7.25. The number of fused-ring (bicyclic) bond motifs is 7. The molecule has 43 heavy (non-hydrogen) atoms. The van der Waals surface area contributed by atoms with Crippen LogP contribution in [0, 0.1) is 0 Å². The molecule has 3 heteroatoms. The molecule has 2 heterocycles. The minimum absolute atomic E-state index is 0.883. The molecule has 2 nitrogen and oxygen atoms in total. The molecule has 0 saturated carbocycles. The Morgan fingerprint density at radius 3 is 2.07 bits per heavy atom. The second-order valence-corrected chi connectivity index (χ2v) is 12.0. The summed E-state index contributed by atoms with van der Waals surface area (Å²) in [6.45, 7) is 0. The van der Waals surface area contributed by atoms with E-state index in [1.807, 2.05) is 23.5 Å². The second-order valence-electron chi connectivity index (χ2n) is 10.9. The van der Waals surface area contributed by atoms with Crippen LogP contribution in [0.15, 0.2) is 156 Å². The molecule has 202 valence electrons. The predicted molar refractivity (Wildman–Crippen MR) is 184 cm³/mol. The Kier molecular flexibility index (Phi) is 5.40. The Hall–Kier alpha value is -5.38. The van der Waals surface area contributed by atoms with Crippen LogP contribution in [0.4, 0.5) is 17.1 Å². The normalized spacial score (nSPS) is 11.7. The van der Waals surface area contributed by atoms with E-state index in [0.717, 1.165) is 39.0 Å². The van der Waals surface area contributed by atoms with Crippen LogP contribution in [-0.2, 0) is 0 Å². The molecule has 0 aliphatic carbocycles. The Morgan fingerprint density at radius 2 is 1.16 bits per heavy atom. The van der Waals surface area contributed by atoms with E-state index < -0.39 is 0 Å². The zero-order valence-corrected chi connectivity index (χ0v) is 24.0. The number of nitrogens with zero attached hydrogens (tertiary/aromatic N) is 1. The molecule has 0 saturated heterocycles. The first kappa shape index (κ1) is 24.2. The van der Waals surface area contributed by atoms with Gasteiger partial charge in [-0.25, -0.2) is 0 Å². The first-order valence-corrected chi connectivity index (χ1v) is 15.3. The number of rotatable bonds is 4. The highest BCUT2D eigenvalue weighted by Crippen LogP contribution is 2.46. The quantitative estimate of drug-likeness (QED) is 0.210. The lowest BCUT2D eigenvalue weighted by molar-refractivity contribution is 0.669. The summed E-state index contributed by atoms with van der Waals surface area (Å²) in [6, 6.07) is 54.3. The number of thiophene rings is 1. The van der Waals surface area contributed by atoms with Gasteiger partial charge >= 0.3 is 0 Å². The Labute approximate surface area is 252 Å². The van der Waals surface area contributed by atoms with Crippen LogP contribution in [-0.4, -0.2) is 0 Å². The maximum Gasteiger partial charge on any atom is 0.137 e. The zero-order chi connectivity index (χ0) is 28.3. The molecule has 0 radical (unpaired) electrons. The fourth-order valence-electron chi connectivity index (χ4n) is 6.49. The van der Waals surface area contributed by atoms with E-state index in [-0.39, 0.29) is 0 Å². The summed E-state index contributed by atoms with van der Waals surface area (Å²) < 4.78 is 8.98. The monoisotopic (exact) mass is 567 g/mol. The van der Waals surface area contributed by atoms with Gasteiger partial charge in [0.15, 0.2) is 0 Å². The number of para-hydroxylation sites is 2. The molecule has 0 bridgehead atoms. The number of furan rings is 1. The molecule has 2 aromatic heterocycles. The van der Waals surface area contributed by atoms with E-state index in [1.165, 1.54) is 42.1 Å². The zero-order valence-electron chi connectivity index (χ0n) is 23.2. The van der Waals surface area contributed by atoms with E-state index in [4.69, 9.17) is 4.42 Å². The van der Waals surface area contributed by atoms with Crippen LogP contribution in [0.3, 0.4) is 0 Å². The SMILES string of the molecule is c1ccc(N(c2ccc3c(c2)oc2ccccc23)c2ccc3ccccc3c2-c2ccc3sc4ccccc4c3c2)cc1. The van der Waals surface area contributed by atoms with Gasteiger partial charge in [0, 0.05) is 53.9 Å². The third-order valence-electron chi connectivity index (χ3n) is 8.45. The average Bonchev–Trinajstić information content (AvgIpc) is 3.63. The largest absolute Gasteiger partial charge is 0.456 e. The van der Waals surface area contributed by atoms with Crippen molar-refractivity contribution in [2.45, 2.75) is 0 Å². The summed E-state index contributed by atoms with van der Waals surface area (Å²) in [6.07, 6.45) is 0.